The van der Waals surface area contributed by atoms with Crippen LogP contribution in [0.1, 0.15) is 5.56 Å². The van der Waals surface area contributed by atoms with E-state index >= 15 is 0 Å². The third-order valence-electron chi connectivity index (χ3n) is 4.23. The van der Waals surface area contributed by atoms with E-state index in [1.165, 1.54) is 0 Å². The van der Waals surface area contributed by atoms with Crippen LogP contribution in [-0.4, -0.2) is 11.3 Å². The molecule has 136 valence electrons. The average molecular weight is 430 g/mol. The molecule has 0 spiro atoms. The van der Waals surface area contributed by atoms with Gasteiger partial charge in [0.05, 0.1) is 17.1 Å². The predicted octanol–water partition coefficient (Wildman–Crippen LogP) is 7.47. The fourth-order valence-corrected chi connectivity index (χ4v) is 3.06. The number of aliphatic imine (C=N–C) groups is 1. The van der Waals surface area contributed by atoms with Gasteiger partial charge in [-0.2, -0.15) is 10.2 Å². The molecule has 1 N–H and O–H groups in total. The van der Waals surface area contributed by atoms with Crippen molar-refractivity contribution in [2.45, 2.75) is 0 Å². The van der Waals surface area contributed by atoms with Crippen molar-refractivity contribution in [1.29, 1.82) is 0 Å². The fraction of sp³-hybridized carbons (Fsp3) is 0. The van der Waals surface area contributed by atoms with Gasteiger partial charge in [-0.1, -0.05) is 52.3 Å². The van der Waals surface area contributed by atoms with Crippen molar-refractivity contribution < 1.29 is 5.11 Å². The van der Waals surface area contributed by atoms with E-state index in [1.807, 2.05) is 54.6 Å². The van der Waals surface area contributed by atoms with Crippen LogP contribution >= 0.6 is 15.9 Å². The molecule has 5 heteroatoms. The van der Waals surface area contributed by atoms with Gasteiger partial charge in [-0.3, -0.25) is 4.99 Å². The molecule has 0 aliphatic carbocycles. The molecule has 4 aromatic rings. The number of halogens is 1. The molecule has 0 amide bonds. The normalized spacial score (nSPS) is 11.6. The summed E-state index contributed by atoms with van der Waals surface area (Å²) in [6.07, 6.45) is 1.65. The van der Waals surface area contributed by atoms with Gasteiger partial charge in [0, 0.05) is 21.6 Å². The maximum absolute atomic E-state index is 10.2. The maximum Gasteiger partial charge on any atom is 0.124 e. The Hall–Kier alpha value is -3.31. The van der Waals surface area contributed by atoms with E-state index < -0.39 is 0 Å². The highest BCUT2D eigenvalue weighted by Gasteiger charge is 2.02. The summed E-state index contributed by atoms with van der Waals surface area (Å²) in [6.45, 7) is 0. The molecule has 0 unspecified atom stereocenters. The molecular formula is C23H16BrN3O. The minimum absolute atomic E-state index is 0.145. The second-order valence-electron chi connectivity index (χ2n) is 6.18. The summed E-state index contributed by atoms with van der Waals surface area (Å²) < 4.78 is 0.989. The van der Waals surface area contributed by atoms with E-state index in [0.717, 1.165) is 26.6 Å². The first kappa shape index (κ1) is 18.1. The van der Waals surface area contributed by atoms with Gasteiger partial charge in [0.25, 0.3) is 0 Å². The smallest absolute Gasteiger partial charge is 0.124 e. The highest BCUT2D eigenvalue weighted by molar-refractivity contribution is 9.10. The number of fused-ring (bicyclic) bond motifs is 1. The summed E-state index contributed by atoms with van der Waals surface area (Å²) in [5, 5.41) is 20.8. The van der Waals surface area contributed by atoms with E-state index in [-0.39, 0.29) is 5.75 Å². The van der Waals surface area contributed by atoms with E-state index in [1.54, 1.807) is 24.4 Å². The highest BCUT2D eigenvalue weighted by Crippen LogP contribution is 2.28. The third-order valence-corrected chi connectivity index (χ3v) is 4.76. The van der Waals surface area contributed by atoms with Crippen molar-refractivity contribution in [2.75, 3.05) is 0 Å². The molecule has 0 fully saturated rings. The number of rotatable bonds is 4. The maximum atomic E-state index is 10.2. The quantitative estimate of drug-likeness (QED) is 0.265. The number of azo groups is 1. The number of aromatic hydroxyl groups is 1. The Morgan fingerprint density at radius 3 is 2.32 bits per heavy atom. The summed E-state index contributed by atoms with van der Waals surface area (Å²) >= 11 is 3.40. The van der Waals surface area contributed by atoms with Crippen LogP contribution in [0.3, 0.4) is 0 Å². The Labute approximate surface area is 171 Å². The Balaban J connectivity index is 1.62. The molecule has 4 rings (SSSR count). The van der Waals surface area contributed by atoms with E-state index in [9.17, 15) is 5.11 Å². The van der Waals surface area contributed by atoms with Crippen molar-refractivity contribution in [3.63, 3.8) is 0 Å². The number of hydrogen-bond acceptors (Lipinski definition) is 4. The van der Waals surface area contributed by atoms with Crippen molar-refractivity contribution in [1.82, 2.24) is 0 Å². The summed E-state index contributed by atoms with van der Waals surface area (Å²) in [7, 11) is 0. The molecule has 4 nitrogen and oxygen atoms in total. The fourth-order valence-electron chi connectivity index (χ4n) is 2.79. The molecule has 28 heavy (non-hydrogen) atoms. The predicted molar refractivity (Wildman–Crippen MR) is 118 cm³/mol. The van der Waals surface area contributed by atoms with Gasteiger partial charge in [-0.15, -0.1) is 0 Å². The SMILES string of the molecule is Oc1ccc(N=Nc2ccc(Br)cc2)cc1C=Nc1cccc2ccccc12. The average Bonchev–Trinajstić information content (AvgIpc) is 2.73. The largest absolute Gasteiger partial charge is 0.507 e. The van der Waals surface area contributed by atoms with Crippen molar-refractivity contribution in [3.8, 4) is 5.75 Å². The summed E-state index contributed by atoms with van der Waals surface area (Å²) in [5.74, 6) is 0.145. The third kappa shape index (κ3) is 4.15. The first-order chi connectivity index (χ1) is 13.7. The first-order valence-electron chi connectivity index (χ1n) is 8.71. The lowest BCUT2D eigenvalue weighted by Crippen LogP contribution is -1.82. The van der Waals surface area contributed by atoms with Crippen LogP contribution in [0.4, 0.5) is 17.1 Å². The monoisotopic (exact) mass is 429 g/mol. The second kappa shape index (κ2) is 8.15. The molecule has 0 atom stereocenters. The van der Waals surface area contributed by atoms with Gasteiger partial charge in [0.15, 0.2) is 0 Å². The van der Waals surface area contributed by atoms with Crippen molar-refractivity contribution in [2.24, 2.45) is 15.2 Å². The molecule has 0 saturated carbocycles. The van der Waals surface area contributed by atoms with Gasteiger partial charge >= 0.3 is 0 Å². The van der Waals surface area contributed by atoms with Crippen LogP contribution in [0.15, 0.2) is 105 Å². The minimum atomic E-state index is 0.145. The van der Waals surface area contributed by atoms with Crippen LogP contribution in [0.2, 0.25) is 0 Å². The zero-order valence-corrected chi connectivity index (χ0v) is 16.4. The van der Waals surface area contributed by atoms with Gasteiger partial charge < -0.3 is 5.11 Å². The number of phenolic OH excluding ortho intramolecular Hbond substituents is 1. The lowest BCUT2D eigenvalue weighted by molar-refractivity contribution is 0.474. The van der Waals surface area contributed by atoms with Gasteiger partial charge in [0.1, 0.15) is 5.75 Å². The van der Waals surface area contributed by atoms with Crippen molar-refractivity contribution in [3.05, 3.63) is 95.0 Å². The molecule has 0 heterocycles. The molecular weight excluding hydrogens is 414 g/mol. The van der Waals surface area contributed by atoms with Gasteiger partial charge in [-0.05, 0) is 53.9 Å². The number of phenols is 1. The molecule has 0 bridgehead atoms. The first-order valence-corrected chi connectivity index (χ1v) is 9.50. The number of benzene rings is 4. The highest BCUT2D eigenvalue weighted by atomic mass is 79.9. The topological polar surface area (TPSA) is 57.3 Å². The van der Waals surface area contributed by atoms with Crippen LogP contribution in [0, 0.1) is 0 Å². The summed E-state index contributed by atoms with van der Waals surface area (Å²) in [6, 6.07) is 26.7. The minimum Gasteiger partial charge on any atom is -0.507 e. The Morgan fingerprint density at radius 1 is 0.750 bits per heavy atom. The zero-order chi connectivity index (χ0) is 19.3. The number of nitrogens with zero attached hydrogens (tertiary/aromatic N) is 3. The Morgan fingerprint density at radius 2 is 1.46 bits per heavy atom. The summed E-state index contributed by atoms with van der Waals surface area (Å²) in [5.41, 5.74) is 2.82. The van der Waals surface area contributed by atoms with Crippen LogP contribution in [0.5, 0.6) is 5.75 Å². The lowest BCUT2D eigenvalue weighted by atomic mass is 10.1. The second-order valence-corrected chi connectivity index (χ2v) is 7.09. The standard InChI is InChI=1S/C23H16BrN3O/c24-18-8-10-19(11-9-18)26-27-20-12-13-23(28)17(14-20)15-25-22-7-3-5-16-4-1-2-6-21(16)22/h1-15,28H. The zero-order valence-electron chi connectivity index (χ0n) is 14.8. The molecule has 0 saturated heterocycles. The van der Waals surface area contributed by atoms with Crippen LogP contribution < -0.4 is 0 Å². The molecule has 4 aromatic carbocycles. The van der Waals surface area contributed by atoms with Gasteiger partial charge in [-0.25, -0.2) is 0 Å². The molecule has 0 aromatic heterocycles. The van der Waals surface area contributed by atoms with E-state index in [2.05, 4.69) is 43.3 Å². The Kier molecular flexibility index (Phi) is 5.26. The van der Waals surface area contributed by atoms with Crippen molar-refractivity contribution >= 4 is 50.0 Å². The van der Waals surface area contributed by atoms with Crippen LogP contribution in [0.25, 0.3) is 10.8 Å². The van der Waals surface area contributed by atoms with Crippen LogP contribution in [-0.2, 0) is 0 Å². The van der Waals surface area contributed by atoms with E-state index in [4.69, 9.17) is 0 Å². The summed E-state index contributed by atoms with van der Waals surface area (Å²) in [4.78, 5) is 4.57. The Bertz CT molecular complexity index is 1180. The number of hydrogen-bond donors (Lipinski definition) is 1. The molecule has 0 aliphatic rings. The molecule has 0 radical (unpaired) electrons. The lowest BCUT2D eigenvalue weighted by Gasteiger charge is -2.03. The molecule has 0 aliphatic heterocycles. The van der Waals surface area contributed by atoms with E-state index in [0.29, 0.717) is 11.3 Å². The van der Waals surface area contributed by atoms with Gasteiger partial charge in [0.2, 0.25) is 0 Å².